The molecule has 12 N–H and O–H groups in total. The van der Waals surface area contributed by atoms with Crippen molar-refractivity contribution in [3.63, 3.8) is 0 Å². The van der Waals surface area contributed by atoms with Gasteiger partial charge in [0, 0.05) is 19.3 Å². The number of carbonyl (C=O) groups excluding carboxylic acids is 5. The van der Waals surface area contributed by atoms with E-state index in [0.717, 1.165) is 0 Å². The van der Waals surface area contributed by atoms with Crippen LogP contribution in [0.15, 0.2) is 48.5 Å². The molecule has 2 aromatic rings. The summed E-state index contributed by atoms with van der Waals surface area (Å²) in [6.45, 7) is 1.22. The molecule has 254 valence electrons. The largest absolute Gasteiger partial charge is 0.508 e. The quantitative estimate of drug-likeness (QED) is 0.0831. The summed E-state index contributed by atoms with van der Waals surface area (Å²) in [5, 5.41) is 46.9. The minimum Gasteiger partial charge on any atom is -0.508 e. The molecule has 0 fully saturated rings. The van der Waals surface area contributed by atoms with E-state index in [1.807, 2.05) is 5.32 Å². The van der Waals surface area contributed by atoms with Crippen molar-refractivity contribution in [1.29, 1.82) is 0 Å². The smallest absolute Gasteiger partial charge is 0.326 e. The van der Waals surface area contributed by atoms with Crippen molar-refractivity contribution in [3.8, 4) is 11.5 Å². The molecular formula is C30H38N6O11. The normalized spacial score (nSPS) is 13.9. The second-order valence-corrected chi connectivity index (χ2v) is 10.7. The molecule has 47 heavy (non-hydrogen) atoms. The van der Waals surface area contributed by atoms with Crippen LogP contribution in [0, 0.1) is 0 Å². The average molecular weight is 659 g/mol. The number of rotatable bonds is 18. The van der Waals surface area contributed by atoms with Crippen LogP contribution in [-0.4, -0.2) is 92.1 Å². The molecule has 17 nitrogen and oxygen atoms in total. The highest BCUT2D eigenvalue weighted by Crippen LogP contribution is 2.14. The van der Waals surface area contributed by atoms with Crippen LogP contribution in [0.1, 0.15) is 37.3 Å². The van der Waals surface area contributed by atoms with Crippen LogP contribution in [0.2, 0.25) is 0 Å². The van der Waals surface area contributed by atoms with E-state index in [1.54, 1.807) is 0 Å². The SMILES string of the molecule is C[C@H](NC(=O)[C@H](Cc1ccc(O)cc1)NC(=O)[C@H](Cc1ccc(O)cc1)NC(=O)[C@@H](N)CCC(N)=O)C(=O)N[C@@H](CC(=O)O)C(=O)O. The van der Waals surface area contributed by atoms with Gasteiger partial charge in [-0.1, -0.05) is 24.3 Å². The van der Waals surface area contributed by atoms with Crippen LogP contribution in [0.25, 0.3) is 0 Å². The van der Waals surface area contributed by atoms with Crippen molar-refractivity contribution in [3.05, 3.63) is 59.7 Å². The number of phenols is 2. The number of carboxylic acids is 2. The lowest BCUT2D eigenvalue weighted by molar-refractivity contribution is -0.147. The number of aliphatic carboxylic acids is 2. The molecule has 0 spiro atoms. The molecule has 0 aliphatic heterocycles. The molecule has 0 heterocycles. The number of primary amides is 1. The summed E-state index contributed by atoms with van der Waals surface area (Å²) in [5.41, 5.74) is 12.0. The molecule has 5 amide bonds. The molecule has 0 saturated heterocycles. The Morgan fingerprint density at radius 1 is 0.660 bits per heavy atom. The Hall–Kier alpha value is -5.71. The zero-order valence-electron chi connectivity index (χ0n) is 25.3. The third-order valence-corrected chi connectivity index (χ3v) is 6.80. The Balaban J connectivity index is 2.31. The first kappa shape index (κ1) is 37.5. The van der Waals surface area contributed by atoms with Gasteiger partial charge in [-0.15, -0.1) is 0 Å². The van der Waals surface area contributed by atoms with Crippen LogP contribution in [0.5, 0.6) is 11.5 Å². The lowest BCUT2D eigenvalue weighted by atomic mass is 10.0. The summed E-state index contributed by atoms with van der Waals surface area (Å²) < 4.78 is 0. The van der Waals surface area contributed by atoms with Crippen molar-refractivity contribution < 1.29 is 54.0 Å². The molecule has 5 atom stereocenters. The summed E-state index contributed by atoms with van der Waals surface area (Å²) in [5.74, 6) is -7.42. The molecule has 0 aliphatic rings. The van der Waals surface area contributed by atoms with Gasteiger partial charge in [0.2, 0.25) is 29.5 Å². The maximum atomic E-state index is 13.6. The summed E-state index contributed by atoms with van der Waals surface area (Å²) >= 11 is 0. The van der Waals surface area contributed by atoms with Gasteiger partial charge in [-0.3, -0.25) is 28.8 Å². The highest BCUT2D eigenvalue weighted by atomic mass is 16.4. The van der Waals surface area contributed by atoms with Crippen molar-refractivity contribution in [1.82, 2.24) is 21.3 Å². The van der Waals surface area contributed by atoms with E-state index in [0.29, 0.717) is 11.1 Å². The number of phenolic OH excluding ortho intramolecular Hbond substituents is 2. The summed E-state index contributed by atoms with van der Waals surface area (Å²) in [6, 6.07) is 4.32. The zero-order chi connectivity index (χ0) is 35.3. The van der Waals surface area contributed by atoms with Crippen molar-refractivity contribution in [2.45, 2.75) is 69.2 Å². The molecule has 0 radical (unpaired) electrons. The predicted molar refractivity (Wildman–Crippen MR) is 163 cm³/mol. The lowest BCUT2D eigenvalue weighted by Crippen LogP contribution is -2.59. The topological polar surface area (TPSA) is 301 Å². The van der Waals surface area contributed by atoms with E-state index in [-0.39, 0.29) is 37.2 Å². The van der Waals surface area contributed by atoms with E-state index < -0.39 is 78.1 Å². The summed E-state index contributed by atoms with van der Waals surface area (Å²) in [6.07, 6.45) is -1.49. The number of benzene rings is 2. The van der Waals surface area contributed by atoms with E-state index in [4.69, 9.17) is 16.6 Å². The van der Waals surface area contributed by atoms with Crippen LogP contribution < -0.4 is 32.7 Å². The Bertz CT molecular complexity index is 1450. The monoisotopic (exact) mass is 658 g/mol. The second-order valence-electron chi connectivity index (χ2n) is 10.7. The van der Waals surface area contributed by atoms with Gasteiger partial charge in [-0.25, -0.2) is 4.79 Å². The highest BCUT2D eigenvalue weighted by molar-refractivity contribution is 5.96. The van der Waals surface area contributed by atoms with E-state index >= 15 is 0 Å². The standard InChI is InChI=1S/C30H38N6O11/c1-15(26(42)36-23(30(46)47)14-25(40)41)33-28(44)21(12-16-2-6-18(37)7-3-16)35-29(45)22(13-17-4-8-19(38)9-5-17)34-27(43)20(31)10-11-24(32)39/h2-9,15,20-23,37-38H,10-14,31H2,1H3,(H2,32,39)(H,33,44)(H,34,43)(H,35,45)(H,36,42)(H,40,41)(H,46,47)/t15-,20-,21-,22-,23-/m0/s1. The first-order valence-corrected chi connectivity index (χ1v) is 14.3. The fraction of sp³-hybridized carbons (Fsp3) is 0.367. The van der Waals surface area contributed by atoms with Gasteiger partial charge >= 0.3 is 11.9 Å². The third kappa shape index (κ3) is 13.0. The van der Waals surface area contributed by atoms with Gasteiger partial charge in [-0.05, 0) is 48.7 Å². The molecule has 0 bridgehead atoms. The van der Waals surface area contributed by atoms with Gasteiger partial charge in [-0.2, -0.15) is 0 Å². The van der Waals surface area contributed by atoms with E-state index in [1.165, 1.54) is 55.5 Å². The molecule has 0 saturated carbocycles. The minimum absolute atomic E-state index is 0.0475. The van der Waals surface area contributed by atoms with Crippen molar-refractivity contribution >= 4 is 41.5 Å². The number of nitrogens with two attached hydrogens (primary N) is 2. The first-order chi connectivity index (χ1) is 22.0. The number of hydrogen-bond donors (Lipinski definition) is 10. The fourth-order valence-corrected chi connectivity index (χ4v) is 4.18. The predicted octanol–water partition coefficient (Wildman–Crippen LogP) is -2.01. The summed E-state index contributed by atoms with van der Waals surface area (Å²) in [4.78, 5) is 86.0. The van der Waals surface area contributed by atoms with Crippen molar-refractivity contribution in [2.75, 3.05) is 0 Å². The number of carboxylic acid groups (broad SMARTS) is 2. The number of hydrogen-bond acceptors (Lipinski definition) is 10. The molecule has 0 aromatic heterocycles. The highest BCUT2D eigenvalue weighted by Gasteiger charge is 2.31. The Morgan fingerprint density at radius 2 is 1.09 bits per heavy atom. The molecule has 0 aliphatic carbocycles. The maximum absolute atomic E-state index is 13.6. The number of amides is 5. The van der Waals surface area contributed by atoms with Crippen LogP contribution in [0.3, 0.4) is 0 Å². The van der Waals surface area contributed by atoms with Crippen LogP contribution in [0.4, 0.5) is 0 Å². The number of carbonyl (C=O) groups is 7. The molecule has 17 heteroatoms. The van der Waals surface area contributed by atoms with Crippen molar-refractivity contribution in [2.24, 2.45) is 11.5 Å². The van der Waals surface area contributed by atoms with Gasteiger partial charge in [0.15, 0.2) is 0 Å². The van der Waals surface area contributed by atoms with Crippen LogP contribution >= 0.6 is 0 Å². The van der Waals surface area contributed by atoms with Gasteiger partial charge in [0.05, 0.1) is 12.5 Å². The number of nitrogens with one attached hydrogen (secondary N) is 4. The van der Waals surface area contributed by atoms with Gasteiger partial charge in [0.25, 0.3) is 0 Å². The Morgan fingerprint density at radius 3 is 1.51 bits per heavy atom. The third-order valence-electron chi connectivity index (χ3n) is 6.80. The molecule has 2 rings (SSSR count). The van der Waals surface area contributed by atoms with Gasteiger partial charge < -0.3 is 53.2 Å². The Kier molecular flexibility index (Phi) is 14.1. The lowest BCUT2D eigenvalue weighted by Gasteiger charge is -2.25. The second kappa shape index (κ2) is 17.7. The average Bonchev–Trinajstić information content (AvgIpc) is 3.00. The molecule has 2 aromatic carbocycles. The number of aromatic hydroxyl groups is 2. The Labute approximate surface area is 268 Å². The van der Waals surface area contributed by atoms with Gasteiger partial charge in [0.1, 0.15) is 35.7 Å². The maximum Gasteiger partial charge on any atom is 0.326 e. The molecular weight excluding hydrogens is 620 g/mol. The van der Waals surface area contributed by atoms with E-state index in [9.17, 15) is 48.9 Å². The van der Waals surface area contributed by atoms with Crippen LogP contribution in [-0.2, 0) is 46.4 Å². The minimum atomic E-state index is -1.77. The van der Waals surface area contributed by atoms with E-state index in [2.05, 4.69) is 16.0 Å². The first-order valence-electron chi connectivity index (χ1n) is 14.3. The fourth-order valence-electron chi connectivity index (χ4n) is 4.18. The molecule has 0 unspecified atom stereocenters. The summed E-state index contributed by atoms with van der Waals surface area (Å²) in [7, 11) is 0. The zero-order valence-corrected chi connectivity index (χ0v) is 25.3.